The third-order valence-electron chi connectivity index (χ3n) is 4.29. The van der Waals surface area contributed by atoms with Gasteiger partial charge in [-0.15, -0.1) is 11.3 Å². The van der Waals surface area contributed by atoms with Crippen LogP contribution in [0.3, 0.4) is 0 Å². The Kier molecular flexibility index (Phi) is 9.94. The molecule has 1 aromatic heterocycles. The smallest absolute Gasteiger partial charge is 0.269 e. The van der Waals surface area contributed by atoms with Gasteiger partial charge in [-0.2, -0.15) is 0 Å². The number of benzene rings is 1. The number of sulfonamides is 1. The summed E-state index contributed by atoms with van der Waals surface area (Å²) in [6, 6.07) is 7.23. The summed E-state index contributed by atoms with van der Waals surface area (Å²) in [4.78, 5) is 1.04. The first-order chi connectivity index (χ1) is 11.8. The van der Waals surface area contributed by atoms with E-state index in [0.29, 0.717) is 16.1 Å². The number of aryl methyl sites for hydroxylation is 2. The molecule has 0 saturated carbocycles. The predicted octanol–water partition coefficient (Wildman–Crippen LogP) is 5.56. The van der Waals surface area contributed by atoms with Crippen LogP contribution in [0.15, 0.2) is 24.3 Å². The van der Waals surface area contributed by atoms with E-state index in [9.17, 15) is 13.5 Å². The molecule has 0 atom stereocenters. The van der Waals surface area contributed by atoms with Crippen molar-refractivity contribution in [3.8, 4) is 0 Å². The van der Waals surface area contributed by atoms with Crippen molar-refractivity contribution in [3.05, 3.63) is 58.8 Å². The number of hydrogen-bond donors (Lipinski definition) is 1. The van der Waals surface area contributed by atoms with Crippen LogP contribution in [0.4, 0.5) is 5.00 Å². The molecule has 3 rings (SSSR count). The zero-order valence-corrected chi connectivity index (χ0v) is 21.6. The molecule has 1 aliphatic rings. The van der Waals surface area contributed by atoms with Crippen molar-refractivity contribution in [1.29, 1.82) is 0 Å². The minimum Gasteiger partial charge on any atom is -0.506 e. The van der Waals surface area contributed by atoms with E-state index < -0.39 is 10.0 Å². The van der Waals surface area contributed by atoms with E-state index in [2.05, 4.69) is 0 Å². The molecule has 27 heavy (non-hydrogen) atoms. The molecule has 1 aliphatic heterocycles. The van der Waals surface area contributed by atoms with Crippen LogP contribution in [0.2, 0.25) is 0 Å². The molecule has 0 spiro atoms. The van der Waals surface area contributed by atoms with E-state index in [1.165, 1.54) is 15.6 Å². The average molecular weight is 483 g/mol. The van der Waals surface area contributed by atoms with Crippen molar-refractivity contribution in [2.24, 2.45) is 0 Å². The molecule has 1 aromatic carbocycles. The van der Waals surface area contributed by atoms with Gasteiger partial charge in [0.05, 0.1) is 5.56 Å². The van der Waals surface area contributed by atoms with E-state index in [1.54, 1.807) is 19.2 Å². The van der Waals surface area contributed by atoms with Crippen LogP contribution >= 0.6 is 11.3 Å². The van der Waals surface area contributed by atoms with Crippen molar-refractivity contribution >= 4 is 37.0 Å². The molecule has 1 radical (unpaired) electrons. The van der Waals surface area contributed by atoms with Crippen LogP contribution in [0, 0.1) is 21.3 Å². The molecule has 0 unspecified atom stereocenters. The summed E-state index contributed by atoms with van der Waals surface area (Å²) in [5.74, 6) is -0.131. The van der Waals surface area contributed by atoms with Gasteiger partial charge in [0.25, 0.3) is 10.0 Å². The summed E-state index contributed by atoms with van der Waals surface area (Å²) < 4.78 is 27.2. The number of rotatable bonds is 2. The number of hydrogen-bond acceptors (Lipinski definition) is 4. The summed E-state index contributed by atoms with van der Waals surface area (Å²) in [6.45, 7) is 9.82. The Morgan fingerprint density at radius 1 is 1.15 bits per heavy atom. The van der Waals surface area contributed by atoms with Gasteiger partial charge in [0.1, 0.15) is 15.7 Å². The summed E-state index contributed by atoms with van der Waals surface area (Å²) in [5, 5.41) is 11.4. The van der Waals surface area contributed by atoms with Crippen LogP contribution in [0.5, 0.6) is 0 Å². The minimum absolute atomic E-state index is 0. The molecule has 2 aromatic rings. The first-order valence-corrected chi connectivity index (χ1v) is 10.7. The Balaban J connectivity index is 0.00000164. The van der Waals surface area contributed by atoms with Crippen LogP contribution < -0.4 is 4.31 Å². The SMILES string of the molecule is CC.CCc1c(C)sc2c1C(O)=C(c1ccccc1C)S(=O)(=O)N2C.[CH3-].[Y]. The third kappa shape index (κ3) is 4.34. The zero-order chi connectivity index (χ0) is 18.9. The molecule has 0 fully saturated rings. The molecular weight excluding hydrogens is 455 g/mol. The van der Waals surface area contributed by atoms with Gasteiger partial charge in [-0.05, 0) is 31.4 Å². The van der Waals surface area contributed by atoms with Gasteiger partial charge in [-0.25, -0.2) is 8.42 Å². The zero-order valence-electron chi connectivity index (χ0n) is 17.1. The molecule has 0 aliphatic carbocycles. The van der Waals surface area contributed by atoms with E-state index in [4.69, 9.17) is 0 Å². The molecule has 4 nitrogen and oxygen atoms in total. The fraction of sp³-hybridized carbons (Fsp3) is 0.350. The monoisotopic (exact) mass is 483 g/mol. The average Bonchev–Trinajstić information content (AvgIpc) is 2.93. The summed E-state index contributed by atoms with van der Waals surface area (Å²) in [7, 11) is -2.23. The van der Waals surface area contributed by atoms with Crippen LogP contribution in [0.1, 0.15) is 47.9 Å². The molecule has 147 valence electrons. The van der Waals surface area contributed by atoms with Crippen molar-refractivity contribution in [1.82, 2.24) is 0 Å². The fourth-order valence-corrected chi connectivity index (χ4v) is 5.98. The number of nitrogens with zero attached hydrogens (tertiary/aromatic N) is 1. The molecule has 0 bridgehead atoms. The van der Waals surface area contributed by atoms with Crippen molar-refractivity contribution in [3.63, 3.8) is 0 Å². The Morgan fingerprint density at radius 3 is 2.22 bits per heavy atom. The minimum atomic E-state index is -3.78. The Labute approximate surface area is 193 Å². The largest absolute Gasteiger partial charge is 0.506 e. The summed E-state index contributed by atoms with van der Waals surface area (Å²) >= 11 is 1.41. The number of fused-ring (bicyclic) bond motifs is 1. The number of anilines is 1. The fourth-order valence-electron chi connectivity index (χ4n) is 3.03. The molecule has 0 saturated heterocycles. The van der Waals surface area contributed by atoms with E-state index in [-0.39, 0.29) is 50.8 Å². The van der Waals surface area contributed by atoms with E-state index >= 15 is 0 Å². The van der Waals surface area contributed by atoms with Gasteiger partial charge in [-0.1, -0.05) is 45.0 Å². The standard InChI is InChI=1S/C17H19NO3S2.C2H6.CH3.Y/c1-5-12-11(3)22-17-14(12)15(19)16(23(20,21)18(17)4)13-9-7-6-8-10(13)2;1-2;;/h6-9,19H,5H2,1-4H3;1-2H3;1H3;/q;;-1;. The Hall–Kier alpha value is -0.686. The maximum atomic E-state index is 13.0. The van der Waals surface area contributed by atoms with Gasteiger partial charge in [0, 0.05) is 50.2 Å². The normalized spacial score (nSPS) is 14.4. The summed E-state index contributed by atoms with van der Waals surface area (Å²) in [6.07, 6.45) is 0.747. The maximum Gasteiger partial charge on any atom is 0.269 e. The molecule has 7 heteroatoms. The van der Waals surface area contributed by atoms with E-state index in [0.717, 1.165) is 22.4 Å². The quantitative estimate of drug-likeness (QED) is 0.569. The Bertz CT molecular complexity index is 931. The van der Waals surface area contributed by atoms with Crippen molar-refractivity contribution in [2.45, 2.75) is 41.0 Å². The maximum absolute atomic E-state index is 13.0. The first-order valence-electron chi connectivity index (χ1n) is 8.41. The molecule has 0 amide bonds. The topological polar surface area (TPSA) is 57.6 Å². The van der Waals surface area contributed by atoms with Crippen molar-refractivity contribution in [2.75, 3.05) is 11.4 Å². The first kappa shape index (κ1) is 26.3. The van der Waals surface area contributed by atoms with Crippen LogP contribution in [0.25, 0.3) is 10.7 Å². The second kappa shape index (κ2) is 10.2. The van der Waals surface area contributed by atoms with E-state index in [1.807, 2.05) is 46.8 Å². The van der Waals surface area contributed by atoms with Crippen LogP contribution in [-0.2, 0) is 49.2 Å². The number of aliphatic hydroxyl groups is 1. The number of aliphatic hydroxyl groups excluding tert-OH is 1. The predicted molar refractivity (Wildman–Crippen MR) is 114 cm³/mol. The van der Waals surface area contributed by atoms with Crippen LogP contribution in [-0.4, -0.2) is 20.6 Å². The number of thiophene rings is 1. The second-order valence-electron chi connectivity index (χ2n) is 5.64. The Morgan fingerprint density at radius 2 is 1.70 bits per heavy atom. The molecular formula is C20H28NO3S2Y-. The van der Waals surface area contributed by atoms with Gasteiger partial charge in [0.15, 0.2) is 0 Å². The summed E-state index contributed by atoms with van der Waals surface area (Å²) in [5.41, 5.74) is 3.04. The van der Waals surface area contributed by atoms with Gasteiger partial charge in [-0.3, -0.25) is 4.31 Å². The third-order valence-corrected chi connectivity index (χ3v) is 7.46. The van der Waals surface area contributed by atoms with Crippen molar-refractivity contribution < 1.29 is 46.2 Å². The second-order valence-corrected chi connectivity index (χ2v) is 8.74. The van der Waals surface area contributed by atoms with Gasteiger partial charge < -0.3 is 12.5 Å². The van der Waals surface area contributed by atoms with Gasteiger partial charge >= 0.3 is 0 Å². The molecule has 1 N–H and O–H groups in total. The van der Waals surface area contributed by atoms with Gasteiger partial charge in [0.2, 0.25) is 0 Å². The molecule has 2 heterocycles.